The number of nitrogens with one attached hydrogen (secondary N) is 1. The predicted octanol–water partition coefficient (Wildman–Crippen LogP) is 5.44. The summed E-state index contributed by atoms with van der Waals surface area (Å²) in [5.41, 5.74) is 1.39. The van der Waals surface area contributed by atoms with Gasteiger partial charge in [-0.05, 0) is 61.5 Å². The van der Waals surface area contributed by atoms with Crippen LogP contribution in [0.15, 0.2) is 89.8 Å². The number of para-hydroxylation sites is 1. The van der Waals surface area contributed by atoms with Crippen LogP contribution in [0.25, 0.3) is 0 Å². The van der Waals surface area contributed by atoms with E-state index < -0.39 is 21.8 Å². The quantitative estimate of drug-likeness (QED) is 0.340. The highest BCUT2D eigenvalue weighted by molar-refractivity contribution is 7.92. The number of sulfonamides is 1. The first kappa shape index (κ1) is 23.5. The summed E-state index contributed by atoms with van der Waals surface area (Å²) in [6.07, 6.45) is 0. The number of ether oxygens (including phenoxy) is 1. The van der Waals surface area contributed by atoms with Gasteiger partial charge in [0.15, 0.2) is 0 Å². The molecule has 0 aliphatic carbocycles. The van der Waals surface area contributed by atoms with E-state index >= 15 is 0 Å². The Bertz CT molecular complexity index is 1610. The lowest BCUT2D eigenvalue weighted by molar-refractivity contribution is 0.0925. The van der Waals surface area contributed by atoms with Crippen molar-refractivity contribution in [1.29, 1.82) is 0 Å². The van der Waals surface area contributed by atoms with Gasteiger partial charge in [0, 0.05) is 16.8 Å². The summed E-state index contributed by atoms with van der Waals surface area (Å²) < 4.78 is 33.9. The lowest BCUT2D eigenvalue weighted by Crippen LogP contribution is -2.29. The van der Waals surface area contributed by atoms with Crippen LogP contribution in [-0.2, 0) is 10.0 Å². The van der Waals surface area contributed by atoms with Crippen LogP contribution >= 0.6 is 11.6 Å². The Hall–Kier alpha value is -4.21. The molecule has 0 atom stereocenters. The number of nitrogens with zero attached hydrogens (tertiary/aromatic N) is 2. The largest absolute Gasteiger partial charge is 0.438 e. The van der Waals surface area contributed by atoms with Crippen molar-refractivity contribution in [3.05, 3.63) is 107 Å². The van der Waals surface area contributed by atoms with Crippen molar-refractivity contribution in [1.82, 2.24) is 4.98 Å². The number of fused-ring (bicyclic) bond motifs is 1. The van der Waals surface area contributed by atoms with Crippen molar-refractivity contribution < 1.29 is 22.7 Å². The van der Waals surface area contributed by atoms with Crippen molar-refractivity contribution in [2.24, 2.45) is 0 Å². The maximum absolute atomic E-state index is 13.2. The second-order valence-electron chi connectivity index (χ2n) is 7.96. The molecule has 0 saturated heterocycles. The van der Waals surface area contributed by atoms with Gasteiger partial charge < -0.3 is 4.74 Å². The molecular weight excluding hydrogens is 502 g/mol. The fourth-order valence-electron chi connectivity index (χ4n) is 3.79. The van der Waals surface area contributed by atoms with E-state index in [1.54, 1.807) is 61.5 Å². The minimum Gasteiger partial charge on any atom is -0.438 e. The van der Waals surface area contributed by atoms with Gasteiger partial charge in [-0.1, -0.05) is 35.9 Å². The van der Waals surface area contributed by atoms with Crippen LogP contribution in [0.5, 0.6) is 11.6 Å². The number of aryl methyl sites for hydroxylation is 1. The molecule has 0 spiro atoms. The molecule has 2 heterocycles. The molecule has 1 aromatic heterocycles. The van der Waals surface area contributed by atoms with Crippen LogP contribution < -0.4 is 14.4 Å². The number of amides is 2. The van der Waals surface area contributed by atoms with E-state index in [4.69, 9.17) is 16.3 Å². The maximum Gasteiger partial charge on any atom is 0.271 e. The van der Waals surface area contributed by atoms with Crippen molar-refractivity contribution in [2.75, 3.05) is 9.62 Å². The van der Waals surface area contributed by atoms with Gasteiger partial charge in [-0.25, -0.2) is 18.3 Å². The summed E-state index contributed by atoms with van der Waals surface area (Å²) in [5, 5.41) is 0.418. The highest BCUT2D eigenvalue weighted by Gasteiger charge is 2.40. The first-order chi connectivity index (χ1) is 17.2. The number of anilines is 2. The average molecular weight is 520 g/mol. The molecule has 1 aliphatic rings. The van der Waals surface area contributed by atoms with Gasteiger partial charge in [-0.15, -0.1) is 0 Å². The predicted molar refractivity (Wildman–Crippen MR) is 135 cm³/mol. The zero-order valence-corrected chi connectivity index (χ0v) is 20.4. The van der Waals surface area contributed by atoms with Crippen molar-refractivity contribution in [3.63, 3.8) is 0 Å². The van der Waals surface area contributed by atoms with Crippen LogP contribution in [0.2, 0.25) is 5.02 Å². The number of benzene rings is 3. The number of imide groups is 1. The SMILES string of the molecule is Cc1cc2c(c(Oc3cccc(NS(=O)(=O)c4ccc(Cl)cc4)c3)n1)C(=O)N(c1ccccc1)C2=O. The molecule has 36 heavy (non-hydrogen) atoms. The van der Waals surface area contributed by atoms with Crippen LogP contribution in [0, 0.1) is 6.92 Å². The molecule has 0 unspecified atom stereocenters. The highest BCUT2D eigenvalue weighted by Crippen LogP contribution is 2.36. The van der Waals surface area contributed by atoms with Crippen LogP contribution in [0.1, 0.15) is 26.4 Å². The molecule has 0 saturated carbocycles. The molecule has 0 radical (unpaired) electrons. The Balaban J connectivity index is 1.45. The summed E-state index contributed by atoms with van der Waals surface area (Å²) in [5.74, 6) is -0.839. The van der Waals surface area contributed by atoms with Crippen molar-refractivity contribution >= 4 is 44.8 Å². The van der Waals surface area contributed by atoms with Crippen LogP contribution in [0.3, 0.4) is 0 Å². The summed E-state index contributed by atoms with van der Waals surface area (Å²) in [6, 6.07) is 22.1. The molecule has 10 heteroatoms. The van der Waals surface area contributed by atoms with Gasteiger partial charge in [0.1, 0.15) is 11.3 Å². The first-order valence-corrected chi connectivity index (χ1v) is 12.6. The van der Waals surface area contributed by atoms with Gasteiger partial charge in [0.2, 0.25) is 5.88 Å². The van der Waals surface area contributed by atoms with Gasteiger partial charge in [0.25, 0.3) is 21.8 Å². The topological polar surface area (TPSA) is 106 Å². The monoisotopic (exact) mass is 519 g/mol. The third kappa shape index (κ3) is 4.41. The summed E-state index contributed by atoms with van der Waals surface area (Å²) in [4.78, 5) is 31.8. The molecule has 8 nitrogen and oxygen atoms in total. The number of carbonyl (C=O) groups excluding carboxylic acids is 2. The Morgan fingerprint density at radius 1 is 0.889 bits per heavy atom. The molecular formula is C26H18ClN3O5S. The van der Waals surface area contributed by atoms with Gasteiger partial charge in [0.05, 0.1) is 21.8 Å². The van der Waals surface area contributed by atoms with Crippen LogP contribution in [-0.4, -0.2) is 25.2 Å². The number of halogens is 1. The second-order valence-corrected chi connectivity index (χ2v) is 10.1. The van der Waals surface area contributed by atoms with E-state index in [0.717, 1.165) is 4.90 Å². The summed E-state index contributed by atoms with van der Waals surface area (Å²) >= 11 is 5.85. The van der Waals surface area contributed by atoms with Crippen molar-refractivity contribution in [2.45, 2.75) is 11.8 Å². The third-order valence-corrected chi connectivity index (χ3v) is 7.05. The smallest absolute Gasteiger partial charge is 0.271 e. The Morgan fingerprint density at radius 3 is 2.33 bits per heavy atom. The number of hydrogen-bond donors (Lipinski definition) is 1. The van der Waals surface area contributed by atoms with E-state index in [2.05, 4.69) is 9.71 Å². The standard InChI is InChI=1S/C26H18ClN3O5S/c1-16-14-22-23(26(32)30(25(22)31)19-7-3-2-4-8-19)24(28-16)35-20-9-5-6-18(15-20)29-36(33,34)21-12-10-17(27)11-13-21/h2-15,29H,1H3. The van der Waals surface area contributed by atoms with Crippen LogP contribution in [0.4, 0.5) is 11.4 Å². The Kier molecular flexibility index (Phi) is 5.95. The first-order valence-electron chi connectivity index (χ1n) is 10.7. The van der Waals surface area contributed by atoms with E-state index in [9.17, 15) is 18.0 Å². The summed E-state index contributed by atoms with van der Waals surface area (Å²) in [6.45, 7) is 1.69. The highest BCUT2D eigenvalue weighted by atomic mass is 35.5. The number of hydrogen-bond acceptors (Lipinski definition) is 6. The fraction of sp³-hybridized carbons (Fsp3) is 0.0385. The van der Waals surface area contributed by atoms with Crippen molar-refractivity contribution in [3.8, 4) is 11.6 Å². The van der Waals surface area contributed by atoms with Gasteiger partial charge in [-0.3, -0.25) is 14.3 Å². The molecule has 4 aromatic rings. The average Bonchev–Trinajstić information content (AvgIpc) is 3.09. The Labute approximate surface area is 212 Å². The maximum atomic E-state index is 13.2. The molecule has 3 aromatic carbocycles. The lowest BCUT2D eigenvalue weighted by atomic mass is 10.1. The lowest BCUT2D eigenvalue weighted by Gasteiger charge is -2.13. The number of carbonyl (C=O) groups is 2. The minimum absolute atomic E-state index is 0.0421. The zero-order valence-electron chi connectivity index (χ0n) is 18.8. The molecule has 1 N–H and O–H groups in total. The van der Waals surface area contributed by atoms with E-state index in [1.807, 2.05) is 0 Å². The van der Waals surface area contributed by atoms with E-state index in [-0.39, 0.29) is 33.3 Å². The molecule has 1 aliphatic heterocycles. The van der Waals surface area contributed by atoms with Gasteiger partial charge in [-0.2, -0.15) is 0 Å². The second kappa shape index (κ2) is 9.10. The molecule has 2 amide bonds. The molecule has 180 valence electrons. The molecule has 0 fully saturated rings. The summed E-state index contributed by atoms with van der Waals surface area (Å²) in [7, 11) is -3.88. The molecule has 5 rings (SSSR count). The van der Waals surface area contributed by atoms with E-state index in [0.29, 0.717) is 16.4 Å². The van der Waals surface area contributed by atoms with E-state index in [1.165, 1.54) is 30.3 Å². The van der Waals surface area contributed by atoms with Gasteiger partial charge >= 0.3 is 0 Å². The third-order valence-electron chi connectivity index (χ3n) is 5.40. The number of pyridine rings is 1. The normalized spacial score (nSPS) is 13.0. The molecule has 0 bridgehead atoms. The number of aromatic nitrogens is 1. The number of rotatable bonds is 6. The Morgan fingerprint density at radius 2 is 1.61 bits per heavy atom. The fourth-order valence-corrected chi connectivity index (χ4v) is 4.97. The minimum atomic E-state index is -3.88. The zero-order chi connectivity index (χ0) is 25.4.